The van der Waals surface area contributed by atoms with Crippen LogP contribution in [0, 0.1) is 13.8 Å². The Kier molecular flexibility index (Phi) is 5.81. The first-order valence-corrected chi connectivity index (χ1v) is 10.5. The van der Waals surface area contributed by atoms with Gasteiger partial charge in [-0.1, -0.05) is 11.6 Å². The van der Waals surface area contributed by atoms with E-state index in [-0.39, 0.29) is 23.6 Å². The highest BCUT2D eigenvalue weighted by Crippen LogP contribution is 2.55. The Morgan fingerprint density at radius 1 is 1.23 bits per heavy atom. The van der Waals surface area contributed by atoms with Gasteiger partial charge in [-0.05, 0) is 67.0 Å². The number of fused-ring (bicyclic) bond motifs is 1. The molecule has 0 aliphatic carbocycles. The van der Waals surface area contributed by atoms with E-state index in [0.29, 0.717) is 22.4 Å². The van der Waals surface area contributed by atoms with Gasteiger partial charge in [-0.15, -0.1) is 0 Å². The Morgan fingerprint density at radius 3 is 2.32 bits per heavy atom. The summed E-state index contributed by atoms with van der Waals surface area (Å²) in [6.45, 7) is 14.3. The van der Waals surface area contributed by atoms with Crippen molar-refractivity contribution in [1.82, 2.24) is 0 Å². The number of methoxy groups -OCH3 is 1. The molecular weight excluding hydrogens is 400 g/mol. The van der Waals surface area contributed by atoms with Crippen LogP contribution < -0.4 is 10.4 Å². The van der Waals surface area contributed by atoms with Crippen LogP contribution in [0.25, 0.3) is 0 Å². The maximum absolute atomic E-state index is 12.2. The van der Waals surface area contributed by atoms with Crippen molar-refractivity contribution in [3.63, 3.8) is 0 Å². The Balaban J connectivity index is 1.90. The van der Waals surface area contributed by atoms with Gasteiger partial charge < -0.3 is 28.8 Å². The molecule has 0 aromatic carbocycles. The molecule has 2 aliphatic rings. The predicted molar refractivity (Wildman–Crippen MR) is 116 cm³/mol. The van der Waals surface area contributed by atoms with Gasteiger partial charge in [0.1, 0.15) is 40.5 Å². The molecule has 0 amide bonds. The van der Waals surface area contributed by atoms with E-state index in [2.05, 4.69) is 0 Å². The molecule has 1 aromatic rings. The van der Waals surface area contributed by atoms with Crippen molar-refractivity contribution < 1.29 is 28.8 Å². The third kappa shape index (κ3) is 3.78. The molecule has 7 heteroatoms. The van der Waals surface area contributed by atoms with Crippen LogP contribution in [-0.2, 0) is 15.1 Å². The van der Waals surface area contributed by atoms with Gasteiger partial charge in [0.05, 0.1) is 18.8 Å². The zero-order chi connectivity index (χ0) is 23.5. The summed E-state index contributed by atoms with van der Waals surface area (Å²) in [5.41, 5.74) is -1.12. The van der Waals surface area contributed by atoms with Crippen molar-refractivity contribution in [2.24, 2.45) is 0 Å². The summed E-state index contributed by atoms with van der Waals surface area (Å²) in [5, 5.41) is 22.1. The van der Waals surface area contributed by atoms with Crippen molar-refractivity contribution in [3.05, 3.63) is 50.6 Å². The van der Waals surface area contributed by atoms with E-state index in [4.69, 9.17) is 18.6 Å². The van der Waals surface area contributed by atoms with Gasteiger partial charge in [0.2, 0.25) is 0 Å². The summed E-state index contributed by atoms with van der Waals surface area (Å²) in [7, 11) is 1.45. The highest BCUT2D eigenvalue weighted by Gasteiger charge is 2.71. The van der Waals surface area contributed by atoms with E-state index >= 15 is 0 Å². The Morgan fingerprint density at radius 2 is 1.84 bits per heavy atom. The van der Waals surface area contributed by atoms with E-state index in [1.165, 1.54) is 14.0 Å². The van der Waals surface area contributed by atoms with Crippen LogP contribution in [0.15, 0.2) is 32.5 Å². The van der Waals surface area contributed by atoms with Crippen molar-refractivity contribution in [2.45, 2.75) is 90.5 Å². The fraction of sp³-hybridized carbons (Fsp3) is 0.625. The summed E-state index contributed by atoms with van der Waals surface area (Å²) >= 11 is 0. The fourth-order valence-corrected chi connectivity index (χ4v) is 4.90. The van der Waals surface area contributed by atoms with Crippen molar-refractivity contribution in [1.29, 1.82) is 0 Å². The minimum absolute atomic E-state index is 0.00894. The molecule has 172 valence electrons. The lowest BCUT2D eigenvalue weighted by atomic mass is 9.87. The standard InChI is InChI=1S/C24H34O7/c1-12(11-22(6)21-24(8,31-21)16(5)30-22)10-13(2)18(25)23(7,27)19-14(3)17(28-9)15(4)20(26)29-19/h10-11,16,18,21,25,27H,1-9H3/t16-,18-,21-,22-,23+,24-/m0/s1. The first-order chi connectivity index (χ1) is 14.2. The molecular formula is C24H34O7. The van der Waals surface area contributed by atoms with Crippen LogP contribution in [0.3, 0.4) is 0 Å². The second-order valence-corrected chi connectivity index (χ2v) is 9.45. The maximum Gasteiger partial charge on any atom is 0.342 e. The molecule has 3 heterocycles. The number of allylic oxidation sites excluding steroid dienone is 2. The molecule has 2 fully saturated rings. The predicted octanol–water partition coefficient (Wildman–Crippen LogP) is 3.06. The molecule has 2 saturated heterocycles. The second kappa shape index (κ2) is 7.59. The zero-order valence-electron chi connectivity index (χ0n) is 19.8. The van der Waals surface area contributed by atoms with Gasteiger partial charge in [-0.25, -0.2) is 4.79 Å². The van der Waals surface area contributed by atoms with Crippen LogP contribution in [0.2, 0.25) is 0 Å². The van der Waals surface area contributed by atoms with E-state index in [1.54, 1.807) is 26.8 Å². The van der Waals surface area contributed by atoms with Crippen LogP contribution in [0.5, 0.6) is 5.75 Å². The SMILES string of the molecule is COc1c(C)c([C@](C)(O)[C@@H](O)C(C)=CC(C)=C[C@]2(C)O[C@@H](C)[C@]3(C)O[C@H]32)oc(=O)c1C. The highest BCUT2D eigenvalue weighted by atomic mass is 16.7. The van der Waals surface area contributed by atoms with Gasteiger partial charge in [-0.2, -0.15) is 0 Å². The van der Waals surface area contributed by atoms with Crippen molar-refractivity contribution >= 4 is 0 Å². The number of epoxide rings is 1. The first kappa shape index (κ1) is 23.7. The zero-order valence-corrected chi connectivity index (χ0v) is 19.8. The van der Waals surface area contributed by atoms with Gasteiger partial charge in [-0.3, -0.25) is 0 Å². The summed E-state index contributed by atoms with van der Waals surface area (Å²) in [6.07, 6.45) is 2.44. The van der Waals surface area contributed by atoms with E-state index in [1.807, 2.05) is 33.8 Å². The second-order valence-electron chi connectivity index (χ2n) is 9.45. The third-order valence-electron chi connectivity index (χ3n) is 6.71. The highest BCUT2D eigenvalue weighted by molar-refractivity contribution is 5.42. The quantitative estimate of drug-likeness (QED) is 0.524. The lowest BCUT2D eigenvalue weighted by Gasteiger charge is -2.30. The minimum Gasteiger partial charge on any atom is -0.496 e. The van der Waals surface area contributed by atoms with Gasteiger partial charge in [0.25, 0.3) is 0 Å². The Hall–Kier alpha value is -1.93. The fourth-order valence-electron chi connectivity index (χ4n) is 4.90. The average molecular weight is 435 g/mol. The van der Waals surface area contributed by atoms with Gasteiger partial charge >= 0.3 is 5.63 Å². The lowest BCUT2D eigenvalue weighted by Crippen LogP contribution is -2.39. The normalized spacial score (nSPS) is 33.6. The smallest absolute Gasteiger partial charge is 0.342 e. The third-order valence-corrected chi connectivity index (χ3v) is 6.71. The van der Waals surface area contributed by atoms with Gasteiger partial charge in [0.15, 0.2) is 0 Å². The van der Waals surface area contributed by atoms with E-state index in [0.717, 1.165) is 5.57 Å². The summed E-state index contributed by atoms with van der Waals surface area (Å²) in [6, 6.07) is 0. The number of aliphatic hydroxyl groups excluding tert-OH is 1. The lowest BCUT2D eigenvalue weighted by molar-refractivity contribution is -0.0720. The monoisotopic (exact) mass is 434 g/mol. The maximum atomic E-state index is 12.2. The molecule has 31 heavy (non-hydrogen) atoms. The number of rotatable bonds is 6. The summed E-state index contributed by atoms with van der Waals surface area (Å²) in [4.78, 5) is 12.2. The molecule has 0 saturated carbocycles. The molecule has 6 atom stereocenters. The number of ether oxygens (including phenoxy) is 3. The molecule has 2 N–H and O–H groups in total. The minimum atomic E-state index is -1.84. The number of aliphatic hydroxyl groups is 2. The van der Waals surface area contributed by atoms with Crippen LogP contribution >= 0.6 is 0 Å². The molecule has 0 bridgehead atoms. The average Bonchev–Trinajstić information content (AvgIpc) is 3.34. The largest absolute Gasteiger partial charge is 0.496 e. The molecule has 7 nitrogen and oxygen atoms in total. The van der Waals surface area contributed by atoms with Crippen LogP contribution in [0.4, 0.5) is 0 Å². The molecule has 3 rings (SSSR count). The molecule has 2 aliphatic heterocycles. The van der Waals surface area contributed by atoms with Crippen molar-refractivity contribution in [3.8, 4) is 5.75 Å². The number of hydrogen-bond donors (Lipinski definition) is 2. The van der Waals surface area contributed by atoms with Crippen LogP contribution in [0.1, 0.15) is 58.4 Å². The van der Waals surface area contributed by atoms with E-state index in [9.17, 15) is 15.0 Å². The molecule has 0 radical (unpaired) electrons. The Bertz CT molecular complexity index is 1000. The Labute approximate surface area is 183 Å². The van der Waals surface area contributed by atoms with Crippen LogP contribution in [-0.4, -0.2) is 46.8 Å². The first-order valence-electron chi connectivity index (χ1n) is 10.5. The molecule has 0 spiro atoms. The van der Waals surface area contributed by atoms with Crippen molar-refractivity contribution in [2.75, 3.05) is 7.11 Å². The summed E-state index contributed by atoms with van der Waals surface area (Å²) < 4.78 is 22.7. The van der Waals surface area contributed by atoms with E-state index < -0.39 is 22.9 Å². The van der Waals surface area contributed by atoms with Gasteiger partial charge in [0, 0.05) is 5.56 Å². The molecule has 1 aromatic heterocycles. The summed E-state index contributed by atoms with van der Waals surface area (Å²) in [5.74, 6) is 0.313. The number of hydrogen-bond acceptors (Lipinski definition) is 7. The topological polar surface area (TPSA) is 102 Å². The molecule has 0 unspecified atom stereocenters.